The molecule has 1 aliphatic heterocycles. The molecule has 1 N–H and O–H groups in total. The number of benzene rings is 2. The Hall–Kier alpha value is -2.10. The van der Waals surface area contributed by atoms with Crippen LogP contribution in [0.15, 0.2) is 59.5 Å². The van der Waals surface area contributed by atoms with Gasteiger partial charge < -0.3 is 4.74 Å². The molecule has 1 aliphatic rings. The number of hydrogen-bond acceptors (Lipinski definition) is 4. The topological polar surface area (TPSA) is 58.6 Å². The standard InChI is InChI=1S/C19H21F3N2O3S/c20-19(21,22)27-17-6-8-18(9-7-17)28(25,26)23-16-10-12-24(13-11-16)14-15-4-2-1-3-5-15/h1-9,16,23H,10-14H2. The summed E-state index contributed by atoms with van der Waals surface area (Å²) in [6, 6.07) is 14.0. The van der Waals surface area contributed by atoms with Gasteiger partial charge in [0, 0.05) is 25.7 Å². The summed E-state index contributed by atoms with van der Waals surface area (Å²) >= 11 is 0. The number of sulfonamides is 1. The van der Waals surface area contributed by atoms with Gasteiger partial charge in [-0.3, -0.25) is 4.90 Å². The zero-order chi connectivity index (χ0) is 20.2. The van der Waals surface area contributed by atoms with Crippen molar-refractivity contribution in [1.82, 2.24) is 9.62 Å². The van der Waals surface area contributed by atoms with Crippen molar-refractivity contribution in [2.24, 2.45) is 0 Å². The van der Waals surface area contributed by atoms with Gasteiger partial charge in [0.2, 0.25) is 10.0 Å². The Morgan fingerprint density at radius 2 is 1.61 bits per heavy atom. The molecule has 2 aromatic carbocycles. The van der Waals surface area contributed by atoms with Gasteiger partial charge in [0.25, 0.3) is 0 Å². The molecule has 5 nitrogen and oxygen atoms in total. The second kappa shape index (κ2) is 8.50. The number of halogens is 3. The molecule has 3 rings (SSSR count). The lowest BCUT2D eigenvalue weighted by Crippen LogP contribution is -2.44. The van der Waals surface area contributed by atoms with Crippen LogP contribution in [0.4, 0.5) is 13.2 Å². The first kappa shape index (κ1) is 20.6. The molecule has 0 aliphatic carbocycles. The highest BCUT2D eigenvalue weighted by atomic mass is 32.2. The maximum atomic E-state index is 12.5. The molecule has 9 heteroatoms. The van der Waals surface area contributed by atoms with Crippen LogP contribution >= 0.6 is 0 Å². The van der Waals surface area contributed by atoms with E-state index >= 15 is 0 Å². The minimum Gasteiger partial charge on any atom is -0.406 e. The zero-order valence-electron chi connectivity index (χ0n) is 15.0. The second-order valence-corrected chi connectivity index (χ2v) is 8.39. The highest BCUT2D eigenvalue weighted by Crippen LogP contribution is 2.24. The van der Waals surface area contributed by atoms with Crippen LogP contribution in [-0.4, -0.2) is 38.8 Å². The van der Waals surface area contributed by atoms with Crippen molar-refractivity contribution < 1.29 is 26.3 Å². The van der Waals surface area contributed by atoms with Gasteiger partial charge in [-0.05, 0) is 42.7 Å². The predicted molar refractivity (Wildman–Crippen MR) is 98.2 cm³/mol. The smallest absolute Gasteiger partial charge is 0.406 e. The lowest BCUT2D eigenvalue weighted by molar-refractivity contribution is -0.274. The largest absolute Gasteiger partial charge is 0.573 e. The molecule has 1 heterocycles. The highest BCUT2D eigenvalue weighted by Gasteiger charge is 2.31. The Kier molecular flexibility index (Phi) is 6.26. The Morgan fingerprint density at radius 1 is 1.00 bits per heavy atom. The van der Waals surface area contributed by atoms with Gasteiger partial charge in [-0.2, -0.15) is 0 Å². The molecule has 0 bridgehead atoms. The Morgan fingerprint density at radius 3 is 2.18 bits per heavy atom. The number of alkyl halides is 3. The van der Waals surface area contributed by atoms with Crippen LogP contribution in [-0.2, 0) is 16.6 Å². The van der Waals surface area contributed by atoms with E-state index in [-0.39, 0.29) is 10.9 Å². The first-order valence-electron chi connectivity index (χ1n) is 8.86. The van der Waals surface area contributed by atoms with Gasteiger partial charge in [-0.1, -0.05) is 30.3 Å². The molecule has 1 saturated heterocycles. The Balaban J connectivity index is 1.53. The number of hydrogen-bond donors (Lipinski definition) is 1. The molecule has 152 valence electrons. The van der Waals surface area contributed by atoms with Gasteiger partial charge in [-0.25, -0.2) is 13.1 Å². The van der Waals surface area contributed by atoms with Gasteiger partial charge in [0.05, 0.1) is 4.90 Å². The van der Waals surface area contributed by atoms with E-state index in [1.165, 1.54) is 5.56 Å². The van der Waals surface area contributed by atoms with Crippen LogP contribution in [0.2, 0.25) is 0 Å². The number of rotatable bonds is 6. The summed E-state index contributed by atoms with van der Waals surface area (Å²) in [6.45, 7) is 2.35. The van der Waals surface area contributed by atoms with Gasteiger partial charge in [-0.15, -0.1) is 13.2 Å². The molecular formula is C19H21F3N2O3S. The van der Waals surface area contributed by atoms with Crippen LogP contribution in [0.25, 0.3) is 0 Å². The fraction of sp³-hybridized carbons (Fsp3) is 0.368. The van der Waals surface area contributed by atoms with Crippen LogP contribution in [0, 0.1) is 0 Å². The third-order valence-electron chi connectivity index (χ3n) is 4.53. The van der Waals surface area contributed by atoms with Gasteiger partial charge >= 0.3 is 6.36 Å². The van der Waals surface area contributed by atoms with E-state index in [4.69, 9.17) is 0 Å². The van der Waals surface area contributed by atoms with E-state index in [2.05, 4.69) is 26.5 Å². The monoisotopic (exact) mass is 414 g/mol. The highest BCUT2D eigenvalue weighted by molar-refractivity contribution is 7.89. The molecular weight excluding hydrogens is 393 g/mol. The summed E-state index contributed by atoms with van der Waals surface area (Å²) in [5.74, 6) is -0.458. The lowest BCUT2D eigenvalue weighted by atomic mass is 10.1. The number of ether oxygens (including phenoxy) is 1. The maximum Gasteiger partial charge on any atom is 0.573 e. The Labute approximate surface area is 162 Å². The number of piperidine rings is 1. The molecule has 28 heavy (non-hydrogen) atoms. The fourth-order valence-corrected chi connectivity index (χ4v) is 4.46. The normalized spacial score (nSPS) is 16.8. The zero-order valence-corrected chi connectivity index (χ0v) is 15.8. The summed E-state index contributed by atoms with van der Waals surface area (Å²) in [5.41, 5.74) is 1.21. The summed E-state index contributed by atoms with van der Waals surface area (Å²) < 4.78 is 68.0. The molecule has 0 spiro atoms. The minimum atomic E-state index is -4.81. The quantitative estimate of drug-likeness (QED) is 0.786. The molecule has 2 aromatic rings. The van der Waals surface area contributed by atoms with Crippen LogP contribution in [0.3, 0.4) is 0 Å². The van der Waals surface area contributed by atoms with E-state index in [1.807, 2.05) is 18.2 Å². The van der Waals surface area contributed by atoms with E-state index in [0.717, 1.165) is 43.9 Å². The van der Waals surface area contributed by atoms with Crippen molar-refractivity contribution in [2.75, 3.05) is 13.1 Å². The van der Waals surface area contributed by atoms with Gasteiger partial charge in [0.15, 0.2) is 0 Å². The summed E-state index contributed by atoms with van der Waals surface area (Å²) in [6.07, 6.45) is -3.48. The molecule has 0 aromatic heterocycles. The lowest BCUT2D eigenvalue weighted by Gasteiger charge is -2.32. The maximum absolute atomic E-state index is 12.5. The molecule has 0 saturated carbocycles. The van der Waals surface area contributed by atoms with Gasteiger partial charge in [0.1, 0.15) is 5.75 Å². The van der Waals surface area contributed by atoms with E-state index in [1.54, 1.807) is 0 Å². The van der Waals surface area contributed by atoms with Crippen molar-refractivity contribution in [3.05, 3.63) is 60.2 Å². The summed E-state index contributed by atoms with van der Waals surface area (Å²) in [5, 5.41) is 0. The first-order chi connectivity index (χ1) is 13.2. The predicted octanol–water partition coefficient (Wildman–Crippen LogP) is 3.53. The van der Waals surface area contributed by atoms with E-state index in [9.17, 15) is 21.6 Å². The Bertz CT molecular complexity index is 864. The van der Waals surface area contributed by atoms with Crippen molar-refractivity contribution in [3.8, 4) is 5.75 Å². The summed E-state index contributed by atoms with van der Waals surface area (Å²) in [7, 11) is -3.80. The van der Waals surface area contributed by atoms with Crippen molar-refractivity contribution in [2.45, 2.75) is 36.7 Å². The fourth-order valence-electron chi connectivity index (χ4n) is 3.16. The minimum absolute atomic E-state index is 0.0891. The van der Waals surface area contributed by atoms with Crippen molar-refractivity contribution in [1.29, 1.82) is 0 Å². The molecule has 1 fully saturated rings. The average molecular weight is 414 g/mol. The van der Waals surface area contributed by atoms with Crippen molar-refractivity contribution in [3.63, 3.8) is 0 Å². The molecule has 0 radical (unpaired) electrons. The van der Waals surface area contributed by atoms with Crippen LogP contribution in [0.1, 0.15) is 18.4 Å². The third kappa shape index (κ3) is 5.95. The SMILES string of the molecule is O=S(=O)(NC1CCN(Cc2ccccc2)CC1)c1ccc(OC(F)(F)F)cc1. The summed E-state index contributed by atoms with van der Waals surface area (Å²) in [4.78, 5) is 2.18. The van der Waals surface area contributed by atoms with E-state index in [0.29, 0.717) is 12.8 Å². The first-order valence-corrected chi connectivity index (χ1v) is 10.3. The van der Waals surface area contributed by atoms with Crippen LogP contribution < -0.4 is 9.46 Å². The molecule has 0 unspecified atom stereocenters. The second-order valence-electron chi connectivity index (χ2n) is 6.68. The van der Waals surface area contributed by atoms with Crippen molar-refractivity contribution >= 4 is 10.0 Å². The number of nitrogens with zero attached hydrogens (tertiary/aromatic N) is 1. The van der Waals surface area contributed by atoms with Crippen LogP contribution in [0.5, 0.6) is 5.75 Å². The molecule has 0 atom stereocenters. The average Bonchev–Trinajstić information content (AvgIpc) is 2.63. The third-order valence-corrected chi connectivity index (χ3v) is 6.06. The van der Waals surface area contributed by atoms with E-state index < -0.39 is 22.1 Å². The molecule has 0 amide bonds. The number of nitrogens with one attached hydrogen (secondary N) is 1. The number of likely N-dealkylation sites (tertiary alicyclic amines) is 1.